The maximum atomic E-state index is 13.5. The molecule has 3 rings (SSSR count). The highest BCUT2D eigenvalue weighted by molar-refractivity contribution is 5.43. The molecule has 24 heavy (non-hydrogen) atoms. The van der Waals surface area contributed by atoms with Gasteiger partial charge in [-0.1, -0.05) is 18.2 Å². The fourth-order valence-corrected chi connectivity index (χ4v) is 3.33. The second-order valence-corrected chi connectivity index (χ2v) is 6.08. The Morgan fingerprint density at radius 2 is 1.92 bits per heavy atom. The summed E-state index contributed by atoms with van der Waals surface area (Å²) in [6, 6.07) is 12.4. The van der Waals surface area contributed by atoms with Crippen LogP contribution in [-0.2, 0) is 6.54 Å². The molecule has 1 aliphatic heterocycles. The summed E-state index contributed by atoms with van der Waals surface area (Å²) in [5, 5.41) is 10.1. The summed E-state index contributed by atoms with van der Waals surface area (Å²) in [5.41, 5.74) is 1.95. The van der Waals surface area contributed by atoms with Crippen molar-refractivity contribution in [2.75, 3.05) is 20.8 Å². The van der Waals surface area contributed by atoms with Crippen molar-refractivity contribution in [1.82, 2.24) is 4.90 Å². The van der Waals surface area contributed by atoms with E-state index in [2.05, 4.69) is 4.90 Å². The van der Waals surface area contributed by atoms with Crippen LogP contribution in [0.4, 0.5) is 4.39 Å². The number of halogens is 1. The minimum atomic E-state index is -0.404. The van der Waals surface area contributed by atoms with E-state index in [0.29, 0.717) is 31.0 Å². The van der Waals surface area contributed by atoms with Crippen molar-refractivity contribution in [2.45, 2.75) is 25.1 Å². The molecule has 1 fully saturated rings. The Balaban J connectivity index is 1.82. The van der Waals surface area contributed by atoms with Crippen molar-refractivity contribution in [3.8, 4) is 11.5 Å². The molecule has 0 aliphatic carbocycles. The van der Waals surface area contributed by atoms with Gasteiger partial charge < -0.3 is 14.6 Å². The van der Waals surface area contributed by atoms with Crippen LogP contribution in [0, 0.1) is 5.82 Å². The quantitative estimate of drug-likeness (QED) is 0.914. The smallest absolute Gasteiger partial charge is 0.161 e. The van der Waals surface area contributed by atoms with E-state index in [1.165, 1.54) is 6.07 Å². The minimum absolute atomic E-state index is 0.00352. The number of aliphatic hydroxyl groups excluding tert-OH is 1. The second-order valence-electron chi connectivity index (χ2n) is 6.08. The first-order chi connectivity index (χ1) is 11.6. The molecule has 4 nitrogen and oxygen atoms in total. The molecule has 0 amide bonds. The highest BCUT2D eigenvalue weighted by Gasteiger charge is 2.32. The van der Waals surface area contributed by atoms with Crippen molar-refractivity contribution in [2.24, 2.45) is 0 Å². The van der Waals surface area contributed by atoms with Crippen LogP contribution in [0.15, 0.2) is 42.5 Å². The summed E-state index contributed by atoms with van der Waals surface area (Å²) in [5.74, 6) is 1.11. The molecule has 1 saturated heterocycles. The number of methoxy groups -OCH3 is 2. The SMILES string of the molecule is COc1ccc(CN2C[C@H](O)C[C@@H]2c2cccc(F)c2)cc1OC. The van der Waals surface area contributed by atoms with Crippen molar-refractivity contribution < 1.29 is 19.0 Å². The van der Waals surface area contributed by atoms with Gasteiger partial charge in [0.15, 0.2) is 11.5 Å². The lowest BCUT2D eigenvalue weighted by Crippen LogP contribution is -2.24. The molecule has 1 N–H and O–H groups in total. The highest BCUT2D eigenvalue weighted by Crippen LogP contribution is 2.35. The second kappa shape index (κ2) is 7.20. The molecule has 2 atom stereocenters. The van der Waals surface area contributed by atoms with E-state index in [1.54, 1.807) is 26.4 Å². The molecule has 1 heterocycles. The summed E-state index contributed by atoms with van der Waals surface area (Å²) in [4.78, 5) is 2.17. The lowest BCUT2D eigenvalue weighted by Gasteiger charge is -2.25. The maximum absolute atomic E-state index is 13.5. The Morgan fingerprint density at radius 1 is 1.12 bits per heavy atom. The molecule has 0 saturated carbocycles. The van der Waals surface area contributed by atoms with Crippen molar-refractivity contribution in [3.05, 3.63) is 59.4 Å². The molecule has 128 valence electrons. The largest absolute Gasteiger partial charge is 0.493 e. The van der Waals surface area contributed by atoms with E-state index in [-0.39, 0.29) is 11.9 Å². The lowest BCUT2D eigenvalue weighted by atomic mass is 10.0. The van der Waals surface area contributed by atoms with E-state index < -0.39 is 6.10 Å². The lowest BCUT2D eigenvalue weighted by molar-refractivity contribution is 0.172. The molecule has 1 aliphatic rings. The Hall–Kier alpha value is -2.11. The average Bonchev–Trinajstić information content (AvgIpc) is 2.95. The Kier molecular flexibility index (Phi) is 5.02. The standard InChI is InChI=1S/C19H22FNO3/c1-23-18-7-6-13(8-19(18)24-2)11-21-12-16(22)10-17(21)14-4-3-5-15(20)9-14/h3-9,16-17,22H,10-12H2,1-2H3/t16-,17-/m1/s1. The molecule has 0 aromatic heterocycles. The number of hydrogen-bond acceptors (Lipinski definition) is 4. The van der Waals surface area contributed by atoms with E-state index in [4.69, 9.17) is 9.47 Å². The monoisotopic (exact) mass is 331 g/mol. The summed E-state index contributed by atoms with van der Waals surface area (Å²) >= 11 is 0. The van der Waals surface area contributed by atoms with Gasteiger partial charge in [-0.3, -0.25) is 4.90 Å². The number of likely N-dealkylation sites (tertiary alicyclic amines) is 1. The molecule has 0 unspecified atom stereocenters. The average molecular weight is 331 g/mol. The van der Waals surface area contributed by atoms with E-state index in [0.717, 1.165) is 11.1 Å². The summed E-state index contributed by atoms with van der Waals surface area (Å²) in [6.07, 6.45) is 0.204. The van der Waals surface area contributed by atoms with Crippen LogP contribution >= 0.6 is 0 Å². The van der Waals surface area contributed by atoms with Crippen LogP contribution in [0.2, 0.25) is 0 Å². The molecule has 2 aromatic rings. The van der Waals surface area contributed by atoms with Crippen LogP contribution in [0.3, 0.4) is 0 Å². The van der Waals surface area contributed by atoms with Crippen LogP contribution < -0.4 is 9.47 Å². The van der Waals surface area contributed by atoms with Gasteiger partial charge >= 0.3 is 0 Å². The predicted molar refractivity (Wildman–Crippen MR) is 89.7 cm³/mol. The molecular formula is C19H22FNO3. The number of hydrogen-bond donors (Lipinski definition) is 1. The number of ether oxygens (including phenoxy) is 2. The van der Waals surface area contributed by atoms with Crippen LogP contribution in [0.5, 0.6) is 11.5 Å². The Morgan fingerprint density at radius 3 is 2.62 bits per heavy atom. The zero-order valence-electron chi connectivity index (χ0n) is 13.9. The number of aliphatic hydroxyl groups is 1. The van der Waals surface area contributed by atoms with Gasteiger partial charge in [0.05, 0.1) is 20.3 Å². The topological polar surface area (TPSA) is 41.9 Å². The molecular weight excluding hydrogens is 309 g/mol. The fraction of sp³-hybridized carbons (Fsp3) is 0.368. The van der Waals surface area contributed by atoms with Gasteiger partial charge in [-0.15, -0.1) is 0 Å². The summed E-state index contributed by atoms with van der Waals surface area (Å²) in [7, 11) is 3.21. The third-order valence-electron chi connectivity index (χ3n) is 4.45. The van der Waals surface area contributed by atoms with Crippen molar-refractivity contribution in [1.29, 1.82) is 0 Å². The fourth-order valence-electron chi connectivity index (χ4n) is 3.33. The van der Waals surface area contributed by atoms with Crippen LogP contribution in [0.25, 0.3) is 0 Å². The molecule has 0 spiro atoms. The number of benzene rings is 2. The van der Waals surface area contributed by atoms with E-state index >= 15 is 0 Å². The first kappa shape index (κ1) is 16.7. The first-order valence-corrected chi connectivity index (χ1v) is 7.99. The van der Waals surface area contributed by atoms with E-state index in [1.807, 2.05) is 24.3 Å². The predicted octanol–water partition coefficient (Wildman–Crippen LogP) is 3.15. The van der Waals surface area contributed by atoms with Gasteiger partial charge in [0, 0.05) is 19.1 Å². The number of β-amino-alcohol motifs (C(OH)–C–C–N with tert-alkyl or cyclic N) is 1. The van der Waals surface area contributed by atoms with Crippen molar-refractivity contribution >= 4 is 0 Å². The van der Waals surface area contributed by atoms with Gasteiger partial charge in [0.2, 0.25) is 0 Å². The third-order valence-corrected chi connectivity index (χ3v) is 4.45. The van der Waals surface area contributed by atoms with Gasteiger partial charge in [-0.05, 0) is 41.8 Å². The normalized spacial score (nSPS) is 21.0. The van der Waals surface area contributed by atoms with Crippen LogP contribution in [0.1, 0.15) is 23.6 Å². The van der Waals surface area contributed by atoms with Crippen LogP contribution in [-0.4, -0.2) is 36.9 Å². The first-order valence-electron chi connectivity index (χ1n) is 7.99. The van der Waals surface area contributed by atoms with Gasteiger partial charge in [0.1, 0.15) is 5.82 Å². The molecule has 2 aromatic carbocycles. The molecule has 5 heteroatoms. The van der Waals surface area contributed by atoms with E-state index in [9.17, 15) is 9.50 Å². The zero-order valence-corrected chi connectivity index (χ0v) is 13.9. The number of nitrogens with zero attached hydrogens (tertiary/aromatic N) is 1. The minimum Gasteiger partial charge on any atom is -0.493 e. The maximum Gasteiger partial charge on any atom is 0.161 e. The van der Waals surface area contributed by atoms with Crippen molar-refractivity contribution in [3.63, 3.8) is 0 Å². The van der Waals surface area contributed by atoms with Gasteiger partial charge in [-0.2, -0.15) is 0 Å². The zero-order chi connectivity index (χ0) is 17.1. The van der Waals surface area contributed by atoms with Gasteiger partial charge in [0.25, 0.3) is 0 Å². The summed E-state index contributed by atoms with van der Waals surface area (Å²) < 4.78 is 24.2. The molecule has 0 radical (unpaired) electrons. The highest BCUT2D eigenvalue weighted by atomic mass is 19.1. The van der Waals surface area contributed by atoms with Gasteiger partial charge in [-0.25, -0.2) is 4.39 Å². The third kappa shape index (κ3) is 3.52. The number of rotatable bonds is 5. The Bertz CT molecular complexity index is 707. The Labute approximate surface area is 141 Å². The summed E-state index contributed by atoms with van der Waals surface area (Å²) in [6.45, 7) is 1.22. The molecule has 0 bridgehead atoms.